The maximum absolute atomic E-state index is 12.1. The molecule has 114 valence electrons. The first-order chi connectivity index (χ1) is 10.7. The van der Waals surface area contributed by atoms with E-state index in [4.69, 9.17) is 9.47 Å². The lowest BCUT2D eigenvalue weighted by Crippen LogP contribution is -1.98. The summed E-state index contributed by atoms with van der Waals surface area (Å²) >= 11 is 2.20. The Kier molecular flexibility index (Phi) is 6.00. The van der Waals surface area contributed by atoms with Crippen LogP contribution in [-0.4, -0.2) is 19.5 Å². The molecular formula is C18H17IO3. The molecule has 2 aromatic carbocycles. The third kappa shape index (κ3) is 4.10. The second kappa shape index (κ2) is 7.98. The van der Waals surface area contributed by atoms with E-state index in [2.05, 4.69) is 22.6 Å². The fourth-order valence-electron chi connectivity index (χ4n) is 1.99. The Balaban J connectivity index is 2.24. The number of hydrogen-bond acceptors (Lipinski definition) is 3. The third-order valence-electron chi connectivity index (χ3n) is 3.03. The Morgan fingerprint density at radius 2 is 1.95 bits per heavy atom. The maximum Gasteiger partial charge on any atom is 0.185 e. The molecule has 0 aliphatic heterocycles. The molecule has 3 nitrogen and oxygen atoms in total. The minimum absolute atomic E-state index is 0.0246. The topological polar surface area (TPSA) is 35.5 Å². The van der Waals surface area contributed by atoms with E-state index in [-0.39, 0.29) is 5.78 Å². The minimum Gasteiger partial charge on any atom is -0.493 e. The summed E-state index contributed by atoms with van der Waals surface area (Å²) in [7, 11) is 1.61. The van der Waals surface area contributed by atoms with E-state index >= 15 is 0 Å². The quantitative estimate of drug-likeness (QED) is 0.398. The van der Waals surface area contributed by atoms with Crippen molar-refractivity contribution in [3.63, 3.8) is 0 Å². The average Bonchev–Trinajstić information content (AvgIpc) is 2.55. The van der Waals surface area contributed by atoms with Gasteiger partial charge in [0.15, 0.2) is 17.3 Å². The van der Waals surface area contributed by atoms with Crippen LogP contribution < -0.4 is 9.47 Å². The van der Waals surface area contributed by atoms with Crippen molar-refractivity contribution >= 4 is 34.5 Å². The van der Waals surface area contributed by atoms with E-state index in [0.717, 1.165) is 14.9 Å². The first kappa shape index (κ1) is 16.5. The van der Waals surface area contributed by atoms with Gasteiger partial charge in [-0.1, -0.05) is 36.4 Å². The molecule has 0 spiro atoms. The summed E-state index contributed by atoms with van der Waals surface area (Å²) in [5.41, 5.74) is 1.57. The van der Waals surface area contributed by atoms with Crippen LogP contribution in [0.4, 0.5) is 0 Å². The Bertz CT molecular complexity index is 678. The molecule has 0 radical (unpaired) electrons. The van der Waals surface area contributed by atoms with Crippen LogP contribution >= 0.6 is 22.6 Å². The molecule has 0 N–H and O–H groups in total. The van der Waals surface area contributed by atoms with E-state index in [1.807, 2.05) is 37.3 Å². The van der Waals surface area contributed by atoms with Gasteiger partial charge >= 0.3 is 0 Å². The van der Waals surface area contributed by atoms with Gasteiger partial charge < -0.3 is 9.47 Å². The van der Waals surface area contributed by atoms with Gasteiger partial charge in [-0.15, -0.1) is 0 Å². The first-order valence-corrected chi connectivity index (χ1v) is 8.01. The fraction of sp³-hybridized carbons (Fsp3) is 0.167. The van der Waals surface area contributed by atoms with Crippen LogP contribution in [0, 0.1) is 3.57 Å². The number of ether oxygens (including phenoxy) is 2. The molecule has 0 heterocycles. The van der Waals surface area contributed by atoms with Crippen molar-refractivity contribution in [1.29, 1.82) is 0 Å². The summed E-state index contributed by atoms with van der Waals surface area (Å²) in [5.74, 6) is 1.38. The van der Waals surface area contributed by atoms with Gasteiger partial charge in [0.2, 0.25) is 0 Å². The zero-order valence-electron chi connectivity index (χ0n) is 12.5. The van der Waals surface area contributed by atoms with Crippen LogP contribution in [0.1, 0.15) is 22.8 Å². The number of halogens is 1. The van der Waals surface area contributed by atoms with E-state index in [1.54, 1.807) is 31.4 Å². The molecule has 0 aliphatic carbocycles. The fourth-order valence-corrected chi connectivity index (χ4v) is 2.77. The number of allylic oxidation sites excluding steroid dienone is 1. The summed E-state index contributed by atoms with van der Waals surface area (Å²) in [5, 5.41) is 0. The van der Waals surface area contributed by atoms with Crippen LogP contribution in [0.15, 0.2) is 48.5 Å². The molecule has 0 aliphatic rings. The minimum atomic E-state index is -0.0246. The summed E-state index contributed by atoms with van der Waals surface area (Å²) < 4.78 is 11.9. The number of carbonyl (C=O) groups is 1. The molecule has 0 amide bonds. The van der Waals surface area contributed by atoms with Crippen LogP contribution in [0.25, 0.3) is 6.08 Å². The molecule has 0 aromatic heterocycles. The zero-order chi connectivity index (χ0) is 15.9. The highest BCUT2D eigenvalue weighted by Gasteiger charge is 2.10. The molecule has 0 saturated carbocycles. The average molecular weight is 408 g/mol. The molecule has 0 bridgehead atoms. The predicted molar refractivity (Wildman–Crippen MR) is 96.7 cm³/mol. The van der Waals surface area contributed by atoms with Crippen molar-refractivity contribution in [3.05, 3.63) is 63.2 Å². The van der Waals surface area contributed by atoms with Crippen molar-refractivity contribution in [3.8, 4) is 11.5 Å². The summed E-state index contributed by atoms with van der Waals surface area (Å²) in [4.78, 5) is 12.1. The Hall–Kier alpha value is -1.82. The molecule has 4 heteroatoms. The number of ketones is 1. The van der Waals surface area contributed by atoms with E-state index in [1.165, 1.54) is 0 Å². The van der Waals surface area contributed by atoms with Gasteiger partial charge in [-0.05, 0) is 53.3 Å². The third-order valence-corrected chi connectivity index (χ3v) is 3.83. The molecule has 0 saturated heterocycles. The van der Waals surface area contributed by atoms with Crippen LogP contribution in [0.2, 0.25) is 0 Å². The van der Waals surface area contributed by atoms with Gasteiger partial charge in [0.25, 0.3) is 0 Å². The molecule has 22 heavy (non-hydrogen) atoms. The van der Waals surface area contributed by atoms with Crippen molar-refractivity contribution in [1.82, 2.24) is 0 Å². The van der Waals surface area contributed by atoms with Crippen molar-refractivity contribution < 1.29 is 14.3 Å². The summed E-state index contributed by atoms with van der Waals surface area (Å²) in [6, 6.07) is 13.0. The van der Waals surface area contributed by atoms with E-state index in [0.29, 0.717) is 17.9 Å². The Labute approximate surface area is 144 Å². The van der Waals surface area contributed by atoms with Crippen molar-refractivity contribution in [2.75, 3.05) is 13.7 Å². The van der Waals surface area contributed by atoms with Gasteiger partial charge in [-0.2, -0.15) is 0 Å². The SMILES string of the molecule is CCOc1c(I)cc(/C=C/C(=O)c2ccccc2)cc1OC. The monoisotopic (exact) mass is 408 g/mol. The smallest absolute Gasteiger partial charge is 0.185 e. The second-order valence-electron chi connectivity index (χ2n) is 4.53. The Morgan fingerprint density at radius 3 is 2.59 bits per heavy atom. The molecule has 0 unspecified atom stereocenters. The van der Waals surface area contributed by atoms with Gasteiger partial charge in [0.1, 0.15) is 0 Å². The normalized spacial score (nSPS) is 10.7. The maximum atomic E-state index is 12.1. The van der Waals surface area contributed by atoms with Crippen LogP contribution in [-0.2, 0) is 0 Å². The molecular weight excluding hydrogens is 391 g/mol. The van der Waals surface area contributed by atoms with Crippen LogP contribution in [0.3, 0.4) is 0 Å². The second-order valence-corrected chi connectivity index (χ2v) is 5.69. The van der Waals surface area contributed by atoms with Gasteiger partial charge in [0, 0.05) is 5.56 Å². The van der Waals surface area contributed by atoms with Gasteiger partial charge in [0.05, 0.1) is 17.3 Å². The molecule has 2 aromatic rings. The zero-order valence-corrected chi connectivity index (χ0v) is 14.7. The van der Waals surface area contributed by atoms with Crippen molar-refractivity contribution in [2.45, 2.75) is 6.92 Å². The predicted octanol–water partition coefficient (Wildman–Crippen LogP) is 4.59. The lowest BCUT2D eigenvalue weighted by atomic mass is 10.1. The molecule has 0 fully saturated rings. The van der Waals surface area contributed by atoms with Gasteiger partial charge in [-0.3, -0.25) is 4.79 Å². The lowest BCUT2D eigenvalue weighted by Gasteiger charge is -2.12. The Morgan fingerprint density at radius 1 is 1.23 bits per heavy atom. The standard InChI is InChI=1S/C18H17IO3/c1-3-22-18-15(19)11-13(12-17(18)21-2)9-10-16(20)14-7-5-4-6-8-14/h4-12H,3H2,1-2H3/b10-9+. The van der Waals surface area contributed by atoms with Crippen LogP contribution in [0.5, 0.6) is 11.5 Å². The number of carbonyl (C=O) groups excluding carboxylic acids is 1. The number of methoxy groups -OCH3 is 1. The van der Waals surface area contributed by atoms with Crippen molar-refractivity contribution in [2.24, 2.45) is 0 Å². The summed E-state index contributed by atoms with van der Waals surface area (Å²) in [6.07, 6.45) is 3.36. The first-order valence-electron chi connectivity index (χ1n) is 6.93. The summed E-state index contributed by atoms with van der Waals surface area (Å²) in [6.45, 7) is 2.51. The number of benzene rings is 2. The molecule has 0 atom stereocenters. The highest BCUT2D eigenvalue weighted by atomic mass is 127. The van der Waals surface area contributed by atoms with E-state index < -0.39 is 0 Å². The highest BCUT2D eigenvalue weighted by Crippen LogP contribution is 2.34. The largest absolute Gasteiger partial charge is 0.493 e. The lowest BCUT2D eigenvalue weighted by molar-refractivity contribution is 0.104. The highest BCUT2D eigenvalue weighted by molar-refractivity contribution is 14.1. The number of hydrogen-bond donors (Lipinski definition) is 0. The molecule has 2 rings (SSSR count). The van der Waals surface area contributed by atoms with Gasteiger partial charge in [-0.25, -0.2) is 0 Å². The number of rotatable bonds is 6. The van der Waals surface area contributed by atoms with E-state index in [9.17, 15) is 4.79 Å².